The van der Waals surface area contributed by atoms with Gasteiger partial charge in [-0.3, -0.25) is 19.2 Å². The van der Waals surface area contributed by atoms with Crippen LogP contribution < -0.4 is 21.3 Å². The van der Waals surface area contributed by atoms with E-state index in [0.717, 1.165) is 6.42 Å². The Balaban J connectivity index is 2.25. The summed E-state index contributed by atoms with van der Waals surface area (Å²) in [6.45, 7) is 19.4. The first-order valence-corrected chi connectivity index (χ1v) is 17.9. The Morgan fingerprint density at radius 3 is 2.15 bits per heavy atom. The summed E-state index contributed by atoms with van der Waals surface area (Å²) in [6, 6.07) is -4.13. The second kappa shape index (κ2) is 16.2. The number of unbranched alkanes of at least 4 members (excludes halogenated alkanes) is 1. The highest BCUT2D eigenvalue weighted by molar-refractivity contribution is 7.89. The molecule has 2 fully saturated rings. The third-order valence-electron chi connectivity index (χ3n) is 8.69. The van der Waals surface area contributed by atoms with Gasteiger partial charge in [-0.15, -0.1) is 6.58 Å². The fraction of sp³-hybridized carbons (Fsp3) is 0.781. The zero-order valence-corrected chi connectivity index (χ0v) is 29.7. The molecular formula is C32H56N6O7S. The van der Waals surface area contributed by atoms with Crippen LogP contribution in [-0.4, -0.2) is 103 Å². The van der Waals surface area contributed by atoms with Gasteiger partial charge in [-0.1, -0.05) is 74.3 Å². The topological polar surface area (TPSA) is 174 Å². The summed E-state index contributed by atoms with van der Waals surface area (Å²) in [5.74, 6) is -2.69. The molecule has 2 saturated heterocycles. The second-order valence-electron chi connectivity index (χ2n) is 14.7. The van der Waals surface area contributed by atoms with E-state index in [2.05, 4.69) is 27.8 Å². The maximum absolute atomic E-state index is 14.1. The number of amides is 5. The second-order valence-corrected chi connectivity index (χ2v) is 16.8. The number of Topliss-reactive ketones (excluding diaryl/α,β-unsaturated/α-hetero) is 1. The van der Waals surface area contributed by atoms with Gasteiger partial charge in [0.25, 0.3) is 5.91 Å². The Bertz CT molecular complexity index is 1240. The minimum atomic E-state index is -3.38. The molecule has 0 saturated carbocycles. The van der Waals surface area contributed by atoms with Crippen LogP contribution in [-0.2, 0) is 29.2 Å². The summed E-state index contributed by atoms with van der Waals surface area (Å²) >= 11 is 0. The van der Waals surface area contributed by atoms with Crippen LogP contribution in [0, 0.1) is 16.7 Å². The average Bonchev–Trinajstić information content (AvgIpc) is 3.50. The van der Waals surface area contributed by atoms with Crippen LogP contribution in [0.15, 0.2) is 12.7 Å². The molecule has 0 aromatic rings. The van der Waals surface area contributed by atoms with Crippen molar-refractivity contribution in [2.24, 2.45) is 16.7 Å². The number of rotatable bonds is 14. The molecular weight excluding hydrogens is 612 g/mol. The molecule has 13 nitrogen and oxygen atoms in total. The molecule has 0 radical (unpaired) electrons. The Morgan fingerprint density at radius 2 is 1.63 bits per heavy atom. The third-order valence-corrected chi connectivity index (χ3v) is 10.6. The molecule has 5 amide bonds. The summed E-state index contributed by atoms with van der Waals surface area (Å²) in [6.07, 6.45) is 4.16. The highest BCUT2D eigenvalue weighted by atomic mass is 32.2. The Labute approximate surface area is 275 Å². The minimum absolute atomic E-state index is 0.0790. The van der Waals surface area contributed by atoms with Gasteiger partial charge in [-0.25, -0.2) is 13.2 Å². The van der Waals surface area contributed by atoms with E-state index < -0.39 is 74.6 Å². The number of ketones is 1. The number of hydrogen-bond donors (Lipinski definition) is 4. The van der Waals surface area contributed by atoms with Gasteiger partial charge in [0.2, 0.25) is 27.6 Å². The first-order chi connectivity index (χ1) is 21.2. The van der Waals surface area contributed by atoms with Crippen molar-refractivity contribution in [3.05, 3.63) is 12.7 Å². The van der Waals surface area contributed by atoms with Gasteiger partial charge in [0.1, 0.15) is 12.1 Å². The number of carbonyl (C=O) groups is 5. The number of urea groups is 1. The van der Waals surface area contributed by atoms with Crippen LogP contribution in [0.25, 0.3) is 0 Å². The third kappa shape index (κ3) is 10.5. The van der Waals surface area contributed by atoms with Gasteiger partial charge < -0.3 is 26.2 Å². The fourth-order valence-electron chi connectivity index (χ4n) is 5.72. The summed E-state index contributed by atoms with van der Waals surface area (Å²) in [7, 11) is -3.38. The lowest BCUT2D eigenvalue weighted by molar-refractivity contribution is -0.144. The maximum Gasteiger partial charge on any atom is 0.315 e. The number of sulfonamides is 1. The molecule has 2 aliphatic heterocycles. The number of carbonyl (C=O) groups excluding carboxylic acids is 5. The zero-order valence-electron chi connectivity index (χ0n) is 28.9. The standard InChI is InChI=1S/C32H56N6O7S/c1-10-12-14-22(25(39)28(41)33-16-11-2)34-27(40)24-21(3)15-18-38(24)29(42)26(32(7,8)9)36-30(43)35-23(31(4,5)6)20-37-17-13-19-46(37,44)45/h11,21-24,26H,2,10,12-20H2,1,3-9H3,(H,33,41)(H,34,40)(H2,35,36,43)/t21-,22?,23+,24-,26+/m0/s1. The number of nitrogens with zero attached hydrogens (tertiary/aromatic N) is 2. The summed E-state index contributed by atoms with van der Waals surface area (Å²) in [4.78, 5) is 68.0. The average molecular weight is 669 g/mol. The van der Waals surface area contributed by atoms with Crippen LogP contribution >= 0.6 is 0 Å². The SMILES string of the molecule is C=CCNC(=O)C(=O)C(CCCC)NC(=O)[C@@H]1[C@@H](C)CCN1C(=O)[C@@H](NC(=O)N[C@H](CN1CCCS1(=O)=O)C(C)(C)C)C(C)(C)C. The van der Waals surface area contributed by atoms with E-state index in [-0.39, 0.29) is 37.7 Å². The van der Waals surface area contributed by atoms with Crippen molar-refractivity contribution in [2.45, 2.75) is 112 Å². The van der Waals surface area contributed by atoms with Crippen molar-refractivity contribution in [1.29, 1.82) is 0 Å². The molecule has 2 heterocycles. The largest absolute Gasteiger partial charge is 0.346 e. The van der Waals surface area contributed by atoms with Crippen molar-refractivity contribution >= 4 is 39.6 Å². The molecule has 1 unspecified atom stereocenters. The molecule has 0 spiro atoms. The van der Waals surface area contributed by atoms with E-state index in [4.69, 9.17) is 0 Å². The molecule has 5 atom stereocenters. The number of nitrogens with one attached hydrogen (secondary N) is 4. The number of likely N-dealkylation sites (tertiary alicyclic amines) is 1. The molecule has 2 aliphatic rings. The quantitative estimate of drug-likeness (QED) is 0.162. The minimum Gasteiger partial charge on any atom is -0.346 e. The van der Waals surface area contributed by atoms with Crippen LogP contribution in [0.3, 0.4) is 0 Å². The summed E-state index contributed by atoms with van der Waals surface area (Å²) in [5, 5.41) is 10.9. The van der Waals surface area contributed by atoms with Gasteiger partial charge in [0.05, 0.1) is 11.8 Å². The molecule has 4 N–H and O–H groups in total. The van der Waals surface area contributed by atoms with Crippen LogP contribution in [0.1, 0.15) is 87.5 Å². The molecule has 0 bridgehead atoms. The Morgan fingerprint density at radius 1 is 0.978 bits per heavy atom. The molecule has 14 heteroatoms. The first-order valence-electron chi connectivity index (χ1n) is 16.3. The molecule has 262 valence electrons. The van der Waals surface area contributed by atoms with E-state index in [1.165, 1.54) is 15.3 Å². The summed E-state index contributed by atoms with van der Waals surface area (Å²) < 4.78 is 26.3. The fourth-order valence-corrected chi connectivity index (χ4v) is 7.26. The van der Waals surface area contributed by atoms with Crippen molar-refractivity contribution in [3.8, 4) is 0 Å². The molecule has 0 aromatic heterocycles. The van der Waals surface area contributed by atoms with Gasteiger partial charge in [-0.2, -0.15) is 4.31 Å². The lowest BCUT2D eigenvalue weighted by atomic mass is 9.85. The molecule has 0 aliphatic carbocycles. The molecule has 46 heavy (non-hydrogen) atoms. The molecule has 2 rings (SSSR count). The predicted octanol–water partition coefficient (Wildman–Crippen LogP) is 1.93. The first kappa shape index (κ1) is 39.2. The van der Waals surface area contributed by atoms with Crippen LogP contribution in [0.5, 0.6) is 0 Å². The van der Waals surface area contributed by atoms with Crippen molar-refractivity contribution in [3.63, 3.8) is 0 Å². The number of hydrogen-bond acceptors (Lipinski definition) is 7. The van der Waals surface area contributed by atoms with E-state index in [9.17, 15) is 32.4 Å². The Hall–Kier alpha value is -3.00. The van der Waals surface area contributed by atoms with Crippen molar-refractivity contribution in [1.82, 2.24) is 30.5 Å². The van der Waals surface area contributed by atoms with Gasteiger partial charge in [0.15, 0.2) is 0 Å². The van der Waals surface area contributed by atoms with E-state index in [1.807, 2.05) is 55.4 Å². The lowest BCUT2D eigenvalue weighted by Gasteiger charge is -2.38. The van der Waals surface area contributed by atoms with E-state index >= 15 is 0 Å². The summed E-state index contributed by atoms with van der Waals surface area (Å²) in [5.41, 5.74) is -1.24. The Kier molecular flexibility index (Phi) is 13.8. The van der Waals surface area contributed by atoms with Gasteiger partial charge in [-0.05, 0) is 36.0 Å². The van der Waals surface area contributed by atoms with E-state index in [0.29, 0.717) is 25.8 Å². The van der Waals surface area contributed by atoms with Crippen molar-refractivity contribution < 1.29 is 32.4 Å². The highest BCUT2D eigenvalue weighted by Gasteiger charge is 2.46. The zero-order chi connectivity index (χ0) is 35.0. The monoisotopic (exact) mass is 668 g/mol. The van der Waals surface area contributed by atoms with Crippen LogP contribution in [0.2, 0.25) is 0 Å². The van der Waals surface area contributed by atoms with Crippen molar-refractivity contribution in [2.75, 3.05) is 31.9 Å². The van der Waals surface area contributed by atoms with Gasteiger partial charge >= 0.3 is 6.03 Å². The smallest absolute Gasteiger partial charge is 0.315 e. The van der Waals surface area contributed by atoms with E-state index in [1.54, 1.807) is 0 Å². The molecule has 0 aromatic carbocycles. The normalized spacial score (nSPS) is 22.0. The van der Waals surface area contributed by atoms with Gasteiger partial charge in [0, 0.05) is 32.2 Å². The lowest BCUT2D eigenvalue weighted by Crippen LogP contribution is -2.62. The maximum atomic E-state index is 14.1. The predicted molar refractivity (Wildman–Crippen MR) is 177 cm³/mol. The highest BCUT2D eigenvalue weighted by Crippen LogP contribution is 2.30. The van der Waals surface area contributed by atoms with Crippen LogP contribution in [0.4, 0.5) is 4.79 Å².